The van der Waals surface area contributed by atoms with Crippen LogP contribution in [0.15, 0.2) is 36.4 Å². The maximum atomic E-state index is 12.7. The highest BCUT2D eigenvalue weighted by molar-refractivity contribution is 6.23. The van der Waals surface area contributed by atoms with Gasteiger partial charge in [0.25, 0.3) is 0 Å². The summed E-state index contributed by atoms with van der Waals surface area (Å²) in [5.41, 5.74) is 1.12. The summed E-state index contributed by atoms with van der Waals surface area (Å²) in [5, 5.41) is 2.68. The van der Waals surface area contributed by atoms with Gasteiger partial charge >= 0.3 is 0 Å². The van der Waals surface area contributed by atoms with Gasteiger partial charge in [-0.2, -0.15) is 0 Å². The molecule has 1 N–H and O–H groups in total. The number of carbonyl (C=O) groups excluding carboxylic acids is 3. The third kappa shape index (κ3) is 1.75. The second-order valence-electron chi connectivity index (χ2n) is 6.24. The predicted molar refractivity (Wildman–Crippen MR) is 81.0 cm³/mol. The number of nitrogens with zero attached hydrogens (tertiary/aromatic N) is 1. The molecule has 112 valence electrons. The lowest BCUT2D eigenvalue weighted by Crippen LogP contribution is -2.32. The number of benzene rings is 1. The van der Waals surface area contributed by atoms with Crippen LogP contribution in [0, 0.1) is 23.7 Å². The molecule has 2 bridgehead atoms. The lowest BCUT2D eigenvalue weighted by atomic mass is 9.85. The molecule has 0 spiro atoms. The molecule has 1 aromatic carbocycles. The minimum absolute atomic E-state index is 0.105. The molecule has 4 rings (SSSR count). The Morgan fingerprint density at radius 2 is 1.77 bits per heavy atom. The molecule has 3 aliphatic rings. The van der Waals surface area contributed by atoms with E-state index in [1.165, 1.54) is 11.8 Å². The molecule has 3 amide bonds. The van der Waals surface area contributed by atoms with Crippen LogP contribution in [0.3, 0.4) is 0 Å². The molecule has 2 fully saturated rings. The highest BCUT2D eigenvalue weighted by Gasteiger charge is 2.59. The molecule has 5 heteroatoms. The Labute approximate surface area is 128 Å². The molecule has 22 heavy (non-hydrogen) atoms. The number of fused-ring (bicyclic) bond motifs is 5. The van der Waals surface area contributed by atoms with Crippen molar-refractivity contribution in [2.75, 3.05) is 10.2 Å². The molecule has 1 aromatic rings. The summed E-state index contributed by atoms with van der Waals surface area (Å²) in [6, 6.07) is 6.88. The molecule has 2 aliphatic carbocycles. The number of hydrogen-bond acceptors (Lipinski definition) is 3. The predicted octanol–water partition coefficient (Wildman–Crippen LogP) is 1.96. The quantitative estimate of drug-likeness (QED) is 0.670. The van der Waals surface area contributed by atoms with Crippen molar-refractivity contribution in [3.63, 3.8) is 0 Å². The van der Waals surface area contributed by atoms with Crippen molar-refractivity contribution < 1.29 is 14.4 Å². The normalized spacial score (nSPS) is 31.8. The number of imide groups is 1. The third-order valence-electron chi connectivity index (χ3n) is 4.90. The Morgan fingerprint density at radius 1 is 1.14 bits per heavy atom. The zero-order valence-corrected chi connectivity index (χ0v) is 12.2. The van der Waals surface area contributed by atoms with Gasteiger partial charge in [0.15, 0.2) is 0 Å². The van der Waals surface area contributed by atoms with E-state index in [-0.39, 0.29) is 41.4 Å². The van der Waals surface area contributed by atoms with E-state index in [0.29, 0.717) is 11.4 Å². The van der Waals surface area contributed by atoms with Gasteiger partial charge in [0, 0.05) is 12.6 Å². The fraction of sp³-hybridized carbons (Fsp3) is 0.353. The van der Waals surface area contributed by atoms with Crippen molar-refractivity contribution in [2.45, 2.75) is 13.3 Å². The van der Waals surface area contributed by atoms with E-state index < -0.39 is 0 Å². The number of nitrogens with one attached hydrogen (secondary N) is 1. The molecule has 0 aromatic heterocycles. The molecule has 1 saturated carbocycles. The highest BCUT2D eigenvalue weighted by atomic mass is 16.2. The summed E-state index contributed by atoms with van der Waals surface area (Å²) in [7, 11) is 0. The van der Waals surface area contributed by atoms with Gasteiger partial charge in [-0.15, -0.1) is 0 Å². The Balaban J connectivity index is 1.68. The van der Waals surface area contributed by atoms with Gasteiger partial charge in [-0.3, -0.25) is 14.4 Å². The molecule has 1 heterocycles. The van der Waals surface area contributed by atoms with Crippen LogP contribution in [-0.2, 0) is 14.4 Å². The van der Waals surface area contributed by atoms with Crippen molar-refractivity contribution in [2.24, 2.45) is 23.7 Å². The van der Waals surface area contributed by atoms with Crippen LogP contribution in [0.1, 0.15) is 13.3 Å². The monoisotopic (exact) mass is 296 g/mol. The van der Waals surface area contributed by atoms with Crippen LogP contribution in [-0.4, -0.2) is 17.7 Å². The first-order valence-electron chi connectivity index (χ1n) is 7.50. The van der Waals surface area contributed by atoms with E-state index in [4.69, 9.17) is 0 Å². The van der Waals surface area contributed by atoms with Gasteiger partial charge in [-0.05, 0) is 36.5 Å². The Hall–Kier alpha value is -2.43. The second kappa shape index (κ2) is 4.53. The summed E-state index contributed by atoms with van der Waals surface area (Å²) in [6.07, 6.45) is 5.08. The first-order valence-corrected chi connectivity index (χ1v) is 7.50. The molecular weight excluding hydrogens is 280 g/mol. The first kappa shape index (κ1) is 13.2. The second-order valence-corrected chi connectivity index (χ2v) is 6.24. The van der Waals surface area contributed by atoms with Crippen molar-refractivity contribution in [1.29, 1.82) is 0 Å². The van der Waals surface area contributed by atoms with Gasteiger partial charge in [0.1, 0.15) is 0 Å². The SMILES string of the molecule is CC(=O)Nc1cccc(N2C(=O)[C@@H]3[C@H](C2=O)[C@@H]2C=C[C@@H]3C2)c1. The molecule has 5 nitrogen and oxygen atoms in total. The number of allylic oxidation sites excluding steroid dienone is 2. The van der Waals surface area contributed by atoms with Crippen LogP contribution in [0.4, 0.5) is 11.4 Å². The smallest absolute Gasteiger partial charge is 0.238 e. The minimum Gasteiger partial charge on any atom is -0.326 e. The zero-order chi connectivity index (χ0) is 15.4. The fourth-order valence-electron chi connectivity index (χ4n) is 4.08. The van der Waals surface area contributed by atoms with Gasteiger partial charge < -0.3 is 5.32 Å². The van der Waals surface area contributed by atoms with Crippen LogP contribution < -0.4 is 10.2 Å². The summed E-state index contributed by atoms with van der Waals surface area (Å²) in [5.74, 6) is -0.391. The average molecular weight is 296 g/mol. The van der Waals surface area contributed by atoms with E-state index in [1.54, 1.807) is 24.3 Å². The van der Waals surface area contributed by atoms with E-state index in [9.17, 15) is 14.4 Å². The molecule has 1 aliphatic heterocycles. The minimum atomic E-state index is -0.202. The lowest BCUT2D eigenvalue weighted by Gasteiger charge is -2.18. The van der Waals surface area contributed by atoms with Crippen molar-refractivity contribution >= 4 is 29.1 Å². The summed E-state index contributed by atoms with van der Waals surface area (Å²) in [4.78, 5) is 37.9. The standard InChI is InChI=1S/C17H16N2O3/c1-9(20)18-12-3-2-4-13(8-12)19-16(21)14-10-5-6-11(7-10)15(14)17(19)22/h2-6,8,10-11,14-15H,7H2,1H3,(H,18,20)/t10-,11-,14-,15+/m1/s1. The van der Waals surface area contributed by atoms with Gasteiger partial charge in [0.2, 0.25) is 17.7 Å². The molecule has 0 unspecified atom stereocenters. The van der Waals surface area contributed by atoms with Crippen molar-refractivity contribution in [1.82, 2.24) is 0 Å². The summed E-state index contributed by atoms with van der Waals surface area (Å²) in [6.45, 7) is 1.42. The number of hydrogen-bond donors (Lipinski definition) is 1. The van der Waals surface area contributed by atoms with Gasteiger partial charge in [-0.1, -0.05) is 18.2 Å². The van der Waals surface area contributed by atoms with Gasteiger partial charge in [0.05, 0.1) is 17.5 Å². The molecule has 4 atom stereocenters. The van der Waals surface area contributed by atoms with E-state index in [0.717, 1.165) is 6.42 Å². The number of rotatable bonds is 2. The fourth-order valence-corrected chi connectivity index (χ4v) is 4.08. The molecular formula is C17H16N2O3. The maximum absolute atomic E-state index is 12.7. The highest BCUT2D eigenvalue weighted by Crippen LogP contribution is 2.53. The lowest BCUT2D eigenvalue weighted by molar-refractivity contribution is -0.123. The molecule has 0 radical (unpaired) electrons. The van der Waals surface area contributed by atoms with E-state index in [1.807, 2.05) is 0 Å². The van der Waals surface area contributed by atoms with Crippen LogP contribution in [0.2, 0.25) is 0 Å². The van der Waals surface area contributed by atoms with Crippen LogP contribution in [0.25, 0.3) is 0 Å². The number of carbonyl (C=O) groups is 3. The van der Waals surface area contributed by atoms with Crippen molar-refractivity contribution in [3.8, 4) is 0 Å². The topological polar surface area (TPSA) is 66.5 Å². The van der Waals surface area contributed by atoms with Crippen molar-refractivity contribution in [3.05, 3.63) is 36.4 Å². The summed E-state index contributed by atoms with van der Waals surface area (Å²) >= 11 is 0. The van der Waals surface area contributed by atoms with E-state index >= 15 is 0 Å². The van der Waals surface area contributed by atoms with E-state index in [2.05, 4.69) is 17.5 Å². The summed E-state index contributed by atoms with van der Waals surface area (Å²) < 4.78 is 0. The Bertz CT molecular complexity index is 694. The molecule has 1 saturated heterocycles. The average Bonchev–Trinajstić information content (AvgIpc) is 3.12. The van der Waals surface area contributed by atoms with Crippen LogP contribution >= 0.6 is 0 Å². The Morgan fingerprint density at radius 3 is 2.36 bits per heavy atom. The zero-order valence-electron chi connectivity index (χ0n) is 12.2. The van der Waals surface area contributed by atoms with Crippen LogP contribution in [0.5, 0.6) is 0 Å². The number of anilines is 2. The maximum Gasteiger partial charge on any atom is 0.238 e. The first-order chi connectivity index (χ1) is 10.6. The number of amides is 3. The largest absolute Gasteiger partial charge is 0.326 e. The van der Waals surface area contributed by atoms with Gasteiger partial charge in [-0.25, -0.2) is 4.90 Å². The Kier molecular flexibility index (Phi) is 2.73. The third-order valence-corrected chi connectivity index (χ3v) is 4.90.